The van der Waals surface area contributed by atoms with Crippen molar-refractivity contribution in [3.05, 3.63) is 60.7 Å². The van der Waals surface area contributed by atoms with E-state index < -0.39 is 5.18 Å². The fourth-order valence-electron chi connectivity index (χ4n) is 3.30. The Morgan fingerprint density at radius 2 is 1.61 bits per heavy atom. The molecule has 0 saturated carbocycles. The Hall–Kier alpha value is -1.36. The summed E-state index contributed by atoms with van der Waals surface area (Å²) < 4.78 is 6.48. The van der Waals surface area contributed by atoms with Crippen LogP contribution in [0, 0.1) is 0 Å². The second-order valence-electron chi connectivity index (χ2n) is 5.72. The molecule has 23 heavy (non-hydrogen) atoms. The number of halogens is 1. The fourth-order valence-corrected chi connectivity index (χ4v) is 4.90. The van der Waals surface area contributed by atoms with E-state index in [1.54, 1.807) is 0 Å². The summed E-state index contributed by atoms with van der Waals surface area (Å²) in [5.74, 6) is 1.54. The molecule has 1 spiro atoms. The van der Waals surface area contributed by atoms with Gasteiger partial charge in [-0.25, -0.2) is 0 Å². The Morgan fingerprint density at radius 1 is 1.00 bits per heavy atom. The molecule has 2 aromatic rings. The predicted molar refractivity (Wildman–Crippen MR) is 98.4 cm³/mol. The van der Waals surface area contributed by atoms with Crippen molar-refractivity contribution in [2.45, 2.75) is 11.3 Å². The third-order valence-electron chi connectivity index (χ3n) is 4.30. The predicted octanol–water partition coefficient (Wildman–Crippen LogP) is 4.00. The van der Waals surface area contributed by atoms with E-state index in [-0.39, 0.29) is 6.10 Å². The molecule has 0 N–H and O–H groups in total. The molecule has 2 heterocycles. The number of hydrogen-bond acceptors (Lipinski definition) is 4. The maximum atomic E-state index is 6.48. The minimum Gasteiger partial charge on any atom is -0.323 e. The van der Waals surface area contributed by atoms with Crippen LogP contribution in [0.4, 0.5) is 11.4 Å². The third-order valence-corrected chi connectivity index (χ3v) is 5.95. The van der Waals surface area contributed by atoms with E-state index in [2.05, 4.69) is 58.3 Å². The maximum Gasteiger partial charge on any atom is 0.274 e. The molecule has 2 fully saturated rings. The molecule has 4 rings (SSSR count). The first-order valence-electron chi connectivity index (χ1n) is 7.86. The third kappa shape index (κ3) is 2.59. The summed E-state index contributed by atoms with van der Waals surface area (Å²) in [6.45, 7) is 1.77. The highest BCUT2D eigenvalue weighted by Gasteiger charge is 2.54. The molecule has 0 amide bonds. The molecule has 2 aromatic carbocycles. The van der Waals surface area contributed by atoms with Crippen LogP contribution >= 0.6 is 23.4 Å². The highest BCUT2D eigenvalue weighted by atomic mass is 35.5. The molecule has 120 valence electrons. The van der Waals surface area contributed by atoms with Gasteiger partial charge in [0.1, 0.15) is 0 Å². The number of anilines is 2. The van der Waals surface area contributed by atoms with E-state index in [9.17, 15) is 0 Å². The molecule has 2 aliphatic heterocycles. The van der Waals surface area contributed by atoms with Crippen LogP contribution in [-0.4, -0.2) is 36.0 Å². The molecule has 0 unspecified atom stereocenters. The quantitative estimate of drug-likeness (QED) is 0.780. The number of thioether (sulfide) groups is 1. The Bertz CT molecular complexity index is 657. The van der Waals surface area contributed by atoms with Crippen molar-refractivity contribution in [3.8, 4) is 0 Å². The summed E-state index contributed by atoms with van der Waals surface area (Å²) in [6, 6.07) is 21.0. The number of hydrogen-bond donors (Lipinski definition) is 0. The van der Waals surface area contributed by atoms with E-state index >= 15 is 0 Å². The van der Waals surface area contributed by atoms with Crippen LogP contribution in [0.5, 0.6) is 0 Å². The SMILES string of the molecule is ClC[C@@H]1CN(c2ccccc2)[C@]2(O1)SCCN2c1ccccc1. The largest absolute Gasteiger partial charge is 0.323 e. The van der Waals surface area contributed by atoms with Crippen LogP contribution in [-0.2, 0) is 4.74 Å². The summed E-state index contributed by atoms with van der Waals surface area (Å²) >= 11 is 7.98. The van der Waals surface area contributed by atoms with Gasteiger partial charge in [-0.05, 0) is 24.3 Å². The van der Waals surface area contributed by atoms with Gasteiger partial charge in [0.2, 0.25) is 0 Å². The number of ether oxygens (including phenoxy) is 1. The van der Waals surface area contributed by atoms with Crippen LogP contribution in [0.1, 0.15) is 0 Å². The summed E-state index contributed by atoms with van der Waals surface area (Å²) in [5.41, 5.74) is 2.36. The Kier molecular flexibility index (Phi) is 4.14. The minimum atomic E-state index is -0.498. The molecule has 3 nitrogen and oxygen atoms in total. The second kappa shape index (κ2) is 6.27. The van der Waals surface area contributed by atoms with Gasteiger partial charge in [-0.15, -0.1) is 11.6 Å². The number of benzene rings is 2. The zero-order valence-corrected chi connectivity index (χ0v) is 14.3. The van der Waals surface area contributed by atoms with Crippen molar-refractivity contribution in [1.82, 2.24) is 0 Å². The smallest absolute Gasteiger partial charge is 0.274 e. The van der Waals surface area contributed by atoms with Gasteiger partial charge in [-0.3, -0.25) is 0 Å². The zero-order chi connectivity index (χ0) is 15.7. The van der Waals surface area contributed by atoms with Crippen LogP contribution in [0.15, 0.2) is 60.7 Å². The minimum absolute atomic E-state index is 0.0358. The van der Waals surface area contributed by atoms with E-state index in [4.69, 9.17) is 16.3 Å². The van der Waals surface area contributed by atoms with Crippen molar-refractivity contribution < 1.29 is 4.74 Å². The molecule has 0 bridgehead atoms. The van der Waals surface area contributed by atoms with Crippen LogP contribution in [0.25, 0.3) is 0 Å². The summed E-state index contributed by atoms with van der Waals surface area (Å²) in [7, 11) is 0. The van der Waals surface area contributed by atoms with E-state index in [0.717, 1.165) is 18.8 Å². The standard InChI is InChI=1S/C18H19ClN2OS/c19-13-17-14-21(16-9-5-2-6-10-16)18(22-17)20(11-12-23-18)15-7-3-1-4-8-15/h1-10,17H,11-14H2/t17-,18-/m1/s1. The fraction of sp³-hybridized carbons (Fsp3) is 0.333. The van der Waals surface area contributed by atoms with Gasteiger partial charge in [0.15, 0.2) is 0 Å². The van der Waals surface area contributed by atoms with Crippen molar-refractivity contribution >= 4 is 34.7 Å². The van der Waals surface area contributed by atoms with Crippen molar-refractivity contribution in [1.29, 1.82) is 0 Å². The Labute approximate surface area is 146 Å². The van der Waals surface area contributed by atoms with Gasteiger partial charge in [0.25, 0.3) is 5.18 Å². The molecule has 0 aromatic heterocycles. The highest BCUT2D eigenvalue weighted by Crippen LogP contribution is 2.48. The lowest BCUT2D eigenvalue weighted by Crippen LogP contribution is -2.53. The second-order valence-corrected chi connectivity index (χ2v) is 7.26. The first kappa shape index (κ1) is 15.2. The molecule has 0 radical (unpaired) electrons. The van der Waals surface area contributed by atoms with E-state index in [0.29, 0.717) is 5.88 Å². The monoisotopic (exact) mass is 346 g/mol. The molecular weight excluding hydrogens is 328 g/mol. The van der Waals surface area contributed by atoms with Crippen molar-refractivity contribution in [2.75, 3.05) is 34.5 Å². The Balaban J connectivity index is 1.76. The summed E-state index contributed by atoms with van der Waals surface area (Å²) in [6.07, 6.45) is 0.0358. The number of para-hydroxylation sites is 2. The topological polar surface area (TPSA) is 15.7 Å². The molecule has 0 aliphatic carbocycles. The summed E-state index contributed by atoms with van der Waals surface area (Å²) in [5, 5.41) is -0.498. The molecule has 2 saturated heterocycles. The molecule has 5 heteroatoms. The van der Waals surface area contributed by atoms with E-state index in [1.807, 2.05) is 23.9 Å². The van der Waals surface area contributed by atoms with Gasteiger partial charge in [-0.2, -0.15) is 0 Å². The average molecular weight is 347 g/mol. The zero-order valence-electron chi connectivity index (χ0n) is 12.8. The van der Waals surface area contributed by atoms with Gasteiger partial charge < -0.3 is 14.5 Å². The van der Waals surface area contributed by atoms with E-state index in [1.165, 1.54) is 11.4 Å². The first-order valence-corrected chi connectivity index (χ1v) is 9.38. The number of rotatable bonds is 3. The molecule has 2 aliphatic rings. The first-order chi connectivity index (χ1) is 11.3. The molecule has 2 atom stereocenters. The van der Waals surface area contributed by atoms with Gasteiger partial charge in [-0.1, -0.05) is 48.2 Å². The van der Waals surface area contributed by atoms with Crippen LogP contribution in [0.2, 0.25) is 0 Å². The summed E-state index contributed by atoms with van der Waals surface area (Å²) in [4.78, 5) is 4.71. The maximum absolute atomic E-state index is 6.48. The molecular formula is C18H19ClN2OS. The van der Waals surface area contributed by atoms with Gasteiger partial charge in [0, 0.05) is 23.7 Å². The van der Waals surface area contributed by atoms with Crippen molar-refractivity contribution in [3.63, 3.8) is 0 Å². The van der Waals surface area contributed by atoms with Crippen molar-refractivity contribution in [2.24, 2.45) is 0 Å². The van der Waals surface area contributed by atoms with Gasteiger partial charge >= 0.3 is 0 Å². The lowest BCUT2D eigenvalue weighted by Gasteiger charge is -2.41. The Morgan fingerprint density at radius 3 is 2.22 bits per heavy atom. The highest BCUT2D eigenvalue weighted by molar-refractivity contribution is 8.01. The van der Waals surface area contributed by atoms with Gasteiger partial charge in [0.05, 0.1) is 18.5 Å². The van der Waals surface area contributed by atoms with Crippen LogP contribution < -0.4 is 9.80 Å². The lowest BCUT2D eigenvalue weighted by molar-refractivity contribution is 0.0384. The van der Waals surface area contributed by atoms with Crippen LogP contribution in [0.3, 0.4) is 0 Å². The number of alkyl halides is 1. The number of nitrogens with zero attached hydrogens (tertiary/aromatic N) is 2. The normalized spacial score (nSPS) is 27.1. The average Bonchev–Trinajstić information content (AvgIpc) is 3.21. The lowest BCUT2D eigenvalue weighted by atomic mass is 10.2.